The summed E-state index contributed by atoms with van der Waals surface area (Å²) in [6, 6.07) is 8.71. The molecule has 1 aromatic rings. The lowest BCUT2D eigenvalue weighted by atomic mass is 9.88. The predicted octanol–water partition coefficient (Wildman–Crippen LogP) is 2.48. The lowest BCUT2D eigenvalue weighted by Crippen LogP contribution is -2.41. The molecule has 0 heterocycles. The SMILES string of the molecule is CC(C)(C)OCC(=O)NC1CCc2ccccc2C1. The van der Waals surface area contributed by atoms with Gasteiger partial charge in [0.25, 0.3) is 0 Å². The number of carbonyl (C=O) groups excluding carboxylic acids is 1. The third kappa shape index (κ3) is 4.35. The number of benzene rings is 1. The molecule has 1 N–H and O–H groups in total. The van der Waals surface area contributed by atoms with Crippen LogP contribution in [0.15, 0.2) is 24.3 Å². The topological polar surface area (TPSA) is 38.3 Å². The molecule has 1 atom stereocenters. The Morgan fingerprint density at radius 3 is 2.68 bits per heavy atom. The molecule has 0 saturated heterocycles. The number of amides is 1. The van der Waals surface area contributed by atoms with Crippen molar-refractivity contribution in [3.8, 4) is 0 Å². The second-order valence-corrected chi connectivity index (χ2v) is 6.18. The van der Waals surface area contributed by atoms with Crippen LogP contribution in [0.5, 0.6) is 0 Å². The number of aryl methyl sites for hydroxylation is 1. The van der Waals surface area contributed by atoms with Crippen molar-refractivity contribution in [3.63, 3.8) is 0 Å². The Kier molecular flexibility index (Phi) is 4.25. The minimum Gasteiger partial charge on any atom is -0.366 e. The first-order valence-corrected chi connectivity index (χ1v) is 6.94. The summed E-state index contributed by atoms with van der Waals surface area (Å²) in [5.41, 5.74) is 2.51. The highest BCUT2D eigenvalue weighted by Crippen LogP contribution is 2.21. The van der Waals surface area contributed by atoms with Gasteiger partial charge in [-0.25, -0.2) is 0 Å². The highest BCUT2D eigenvalue weighted by molar-refractivity contribution is 5.77. The fourth-order valence-corrected chi connectivity index (χ4v) is 2.37. The smallest absolute Gasteiger partial charge is 0.246 e. The summed E-state index contributed by atoms with van der Waals surface area (Å²) in [4.78, 5) is 11.8. The van der Waals surface area contributed by atoms with Crippen molar-refractivity contribution in [2.75, 3.05) is 6.61 Å². The summed E-state index contributed by atoms with van der Waals surface area (Å²) in [7, 11) is 0. The zero-order valence-electron chi connectivity index (χ0n) is 12.0. The first kappa shape index (κ1) is 14.1. The van der Waals surface area contributed by atoms with E-state index in [9.17, 15) is 4.79 Å². The van der Waals surface area contributed by atoms with Crippen LogP contribution in [0.1, 0.15) is 38.3 Å². The summed E-state index contributed by atoms with van der Waals surface area (Å²) in [5.74, 6) is -0.0145. The largest absolute Gasteiger partial charge is 0.366 e. The van der Waals surface area contributed by atoms with Gasteiger partial charge in [-0.1, -0.05) is 24.3 Å². The van der Waals surface area contributed by atoms with Crippen molar-refractivity contribution >= 4 is 5.91 Å². The normalized spacial score (nSPS) is 18.8. The molecule has 0 bridgehead atoms. The maximum absolute atomic E-state index is 11.8. The number of hydrogen-bond acceptors (Lipinski definition) is 2. The van der Waals surface area contributed by atoms with Gasteiger partial charge in [0.1, 0.15) is 6.61 Å². The molecule has 3 heteroatoms. The summed E-state index contributed by atoms with van der Waals surface area (Å²) in [6.07, 6.45) is 2.98. The molecule has 0 aromatic heterocycles. The lowest BCUT2D eigenvalue weighted by molar-refractivity contribution is -0.131. The molecule has 0 radical (unpaired) electrons. The standard InChI is InChI=1S/C16H23NO2/c1-16(2,3)19-11-15(18)17-14-9-8-12-6-4-5-7-13(12)10-14/h4-7,14H,8-11H2,1-3H3,(H,17,18). The Labute approximate surface area is 115 Å². The van der Waals surface area contributed by atoms with E-state index >= 15 is 0 Å². The second kappa shape index (κ2) is 5.74. The minimum absolute atomic E-state index is 0.0145. The van der Waals surface area contributed by atoms with Gasteiger partial charge in [0.05, 0.1) is 5.60 Å². The number of rotatable bonds is 3. The number of nitrogens with one attached hydrogen (secondary N) is 1. The van der Waals surface area contributed by atoms with E-state index in [1.54, 1.807) is 0 Å². The van der Waals surface area contributed by atoms with E-state index < -0.39 is 0 Å². The molecule has 0 spiro atoms. The monoisotopic (exact) mass is 261 g/mol. The van der Waals surface area contributed by atoms with Crippen molar-refractivity contribution in [3.05, 3.63) is 35.4 Å². The summed E-state index contributed by atoms with van der Waals surface area (Å²) in [6.45, 7) is 6.01. The molecule has 19 heavy (non-hydrogen) atoms. The molecule has 1 aliphatic rings. The first-order valence-electron chi connectivity index (χ1n) is 6.94. The zero-order chi connectivity index (χ0) is 13.9. The van der Waals surface area contributed by atoms with E-state index in [2.05, 4.69) is 29.6 Å². The van der Waals surface area contributed by atoms with Crippen LogP contribution in [0.2, 0.25) is 0 Å². The number of fused-ring (bicyclic) bond motifs is 1. The molecule has 0 saturated carbocycles. The molecule has 1 aliphatic carbocycles. The minimum atomic E-state index is -0.267. The van der Waals surface area contributed by atoms with Crippen LogP contribution in [-0.2, 0) is 22.4 Å². The second-order valence-electron chi connectivity index (χ2n) is 6.18. The van der Waals surface area contributed by atoms with E-state index in [0.29, 0.717) is 0 Å². The van der Waals surface area contributed by atoms with Gasteiger partial charge in [0.15, 0.2) is 0 Å². The third-order valence-electron chi connectivity index (χ3n) is 3.35. The van der Waals surface area contributed by atoms with Gasteiger partial charge in [-0.3, -0.25) is 4.79 Å². The molecule has 104 valence electrons. The average Bonchev–Trinajstić information content (AvgIpc) is 2.35. The van der Waals surface area contributed by atoms with Gasteiger partial charge in [0, 0.05) is 6.04 Å². The van der Waals surface area contributed by atoms with Crippen molar-refractivity contribution in [1.29, 1.82) is 0 Å². The molecule has 3 nitrogen and oxygen atoms in total. The highest BCUT2D eigenvalue weighted by atomic mass is 16.5. The number of ether oxygens (including phenoxy) is 1. The molecule has 1 amide bonds. The summed E-state index contributed by atoms with van der Waals surface area (Å²) in [5, 5.41) is 3.07. The van der Waals surface area contributed by atoms with Crippen molar-refractivity contribution in [2.45, 2.75) is 51.7 Å². The predicted molar refractivity (Wildman–Crippen MR) is 76.1 cm³/mol. The summed E-state index contributed by atoms with van der Waals surface area (Å²) < 4.78 is 5.49. The van der Waals surface area contributed by atoms with Crippen LogP contribution in [0.25, 0.3) is 0 Å². The van der Waals surface area contributed by atoms with Crippen LogP contribution in [0.3, 0.4) is 0 Å². The van der Waals surface area contributed by atoms with E-state index in [1.807, 2.05) is 20.8 Å². The van der Waals surface area contributed by atoms with Crippen molar-refractivity contribution in [2.24, 2.45) is 0 Å². The first-order chi connectivity index (χ1) is 8.94. The molecule has 1 aromatic carbocycles. The quantitative estimate of drug-likeness (QED) is 0.907. The van der Waals surface area contributed by atoms with Gasteiger partial charge in [-0.05, 0) is 51.2 Å². The fourth-order valence-electron chi connectivity index (χ4n) is 2.37. The Bertz CT molecular complexity index is 448. The fraction of sp³-hybridized carbons (Fsp3) is 0.562. The third-order valence-corrected chi connectivity index (χ3v) is 3.35. The van der Waals surface area contributed by atoms with Crippen LogP contribution in [-0.4, -0.2) is 24.2 Å². The highest BCUT2D eigenvalue weighted by Gasteiger charge is 2.20. The van der Waals surface area contributed by atoms with Gasteiger partial charge in [0.2, 0.25) is 5.91 Å². The Morgan fingerprint density at radius 2 is 2.00 bits per heavy atom. The van der Waals surface area contributed by atoms with Crippen molar-refractivity contribution < 1.29 is 9.53 Å². The molecule has 1 unspecified atom stereocenters. The zero-order valence-corrected chi connectivity index (χ0v) is 12.0. The van der Waals surface area contributed by atoms with E-state index in [-0.39, 0.29) is 24.2 Å². The van der Waals surface area contributed by atoms with E-state index in [4.69, 9.17) is 4.74 Å². The molecular formula is C16H23NO2. The maximum Gasteiger partial charge on any atom is 0.246 e. The van der Waals surface area contributed by atoms with Crippen LogP contribution in [0.4, 0.5) is 0 Å². The molecule has 0 aliphatic heterocycles. The number of hydrogen-bond donors (Lipinski definition) is 1. The van der Waals surface area contributed by atoms with Crippen LogP contribution >= 0.6 is 0 Å². The van der Waals surface area contributed by atoms with Gasteiger partial charge < -0.3 is 10.1 Å². The van der Waals surface area contributed by atoms with Crippen LogP contribution in [0, 0.1) is 0 Å². The molecular weight excluding hydrogens is 238 g/mol. The van der Waals surface area contributed by atoms with E-state index in [1.165, 1.54) is 11.1 Å². The average molecular weight is 261 g/mol. The Balaban J connectivity index is 1.84. The van der Waals surface area contributed by atoms with Gasteiger partial charge in [-0.15, -0.1) is 0 Å². The van der Waals surface area contributed by atoms with E-state index in [0.717, 1.165) is 19.3 Å². The summed E-state index contributed by atoms with van der Waals surface area (Å²) >= 11 is 0. The lowest BCUT2D eigenvalue weighted by Gasteiger charge is -2.26. The molecule has 2 rings (SSSR count). The van der Waals surface area contributed by atoms with Gasteiger partial charge in [-0.2, -0.15) is 0 Å². The Morgan fingerprint density at radius 1 is 1.32 bits per heavy atom. The number of carbonyl (C=O) groups is 1. The van der Waals surface area contributed by atoms with Crippen molar-refractivity contribution in [1.82, 2.24) is 5.32 Å². The van der Waals surface area contributed by atoms with Crippen LogP contribution < -0.4 is 5.32 Å². The maximum atomic E-state index is 11.8. The van der Waals surface area contributed by atoms with Gasteiger partial charge >= 0.3 is 0 Å². The Hall–Kier alpha value is -1.35. The molecule has 0 fully saturated rings.